The summed E-state index contributed by atoms with van der Waals surface area (Å²) < 4.78 is 0. The second-order valence-corrected chi connectivity index (χ2v) is 6.91. The van der Waals surface area contributed by atoms with E-state index in [-0.39, 0.29) is 24.8 Å². The second kappa shape index (κ2) is 8.25. The molecule has 2 N–H and O–H groups in total. The van der Waals surface area contributed by atoms with Gasteiger partial charge in [0.15, 0.2) is 0 Å². The van der Waals surface area contributed by atoms with Crippen molar-refractivity contribution in [3.8, 4) is 0 Å². The molecule has 2 aromatic carbocycles. The molecule has 0 aliphatic carbocycles. The Morgan fingerprint density at radius 3 is 2.32 bits per heavy atom. The van der Waals surface area contributed by atoms with Gasteiger partial charge in [-0.1, -0.05) is 38.1 Å². The number of aliphatic carboxylic acids is 1. The molecule has 1 aliphatic heterocycles. The van der Waals surface area contributed by atoms with Gasteiger partial charge in [0.2, 0.25) is 5.91 Å². The van der Waals surface area contributed by atoms with Gasteiger partial charge in [0, 0.05) is 29.9 Å². The first-order chi connectivity index (χ1) is 13.4. The SMILES string of the molecule is CCc1cccc(CC)c1NC(=O)c1cccc(N2CC(C(=O)O)CC2=O)c1. The van der Waals surface area contributed by atoms with Crippen LogP contribution in [-0.2, 0) is 22.4 Å². The molecule has 3 rings (SSSR count). The highest BCUT2D eigenvalue weighted by Gasteiger charge is 2.35. The molecule has 0 saturated carbocycles. The maximum Gasteiger partial charge on any atom is 0.308 e. The van der Waals surface area contributed by atoms with Crippen LogP contribution in [-0.4, -0.2) is 29.4 Å². The molecule has 0 radical (unpaired) electrons. The fourth-order valence-electron chi connectivity index (χ4n) is 3.53. The number of carboxylic acid groups (broad SMARTS) is 1. The van der Waals surface area contributed by atoms with Crippen LogP contribution in [0.15, 0.2) is 42.5 Å². The summed E-state index contributed by atoms with van der Waals surface area (Å²) in [7, 11) is 0. The van der Waals surface area contributed by atoms with Crippen molar-refractivity contribution < 1.29 is 19.5 Å². The smallest absolute Gasteiger partial charge is 0.308 e. The third-order valence-electron chi connectivity index (χ3n) is 5.13. The summed E-state index contributed by atoms with van der Waals surface area (Å²) in [6.07, 6.45) is 1.60. The Kier molecular flexibility index (Phi) is 5.78. The summed E-state index contributed by atoms with van der Waals surface area (Å²) in [5.41, 5.74) is 3.95. The van der Waals surface area contributed by atoms with E-state index >= 15 is 0 Å². The Labute approximate surface area is 164 Å². The van der Waals surface area contributed by atoms with Crippen LogP contribution in [0.4, 0.5) is 11.4 Å². The van der Waals surface area contributed by atoms with Gasteiger partial charge in [-0.3, -0.25) is 14.4 Å². The molecule has 0 aromatic heterocycles. The quantitative estimate of drug-likeness (QED) is 0.803. The van der Waals surface area contributed by atoms with Crippen molar-refractivity contribution >= 4 is 29.2 Å². The number of benzene rings is 2. The predicted molar refractivity (Wildman–Crippen MR) is 108 cm³/mol. The van der Waals surface area contributed by atoms with Crippen molar-refractivity contribution in [2.45, 2.75) is 33.1 Å². The number of anilines is 2. The van der Waals surface area contributed by atoms with Crippen LogP contribution in [0.25, 0.3) is 0 Å². The molecule has 1 heterocycles. The minimum Gasteiger partial charge on any atom is -0.481 e. The Bertz CT molecular complexity index is 900. The maximum absolute atomic E-state index is 12.9. The first kappa shape index (κ1) is 19.6. The zero-order valence-corrected chi connectivity index (χ0v) is 16.1. The molecule has 1 aliphatic rings. The van der Waals surface area contributed by atoms with Crippen LogP contribution in [0, 0.1) is 5.92 Å². The molecule has 1 atom stereocenters. The van der Waals surface area contributed by atoms with Crippen molar-refractivity contribution in [1.29, 1.82) is 0 Å². The molecule has 0 bridgehead atoms. The lowest BCUT2D eigenvalue weighted by Gasteiger charge is -2.18. The van der Waals surface area contributed by atoms with Gasteiger partial charge in [0.1, 0.15) is 0 Å². The third kappa shape index (κ3) is 3.91. The van der Waals surface area contributed by atoms with E-state index < -0.39 is 11.9 Å². The number of nitrogens with zero attached hydrogens (tertiary/aromatic N) is 1. The minimum atomic E-state index is -0.979. The number of rotatable bonds is 6. The molecule has 2 amide bonds. The van der Waals surface area contributed by atoms with Crippen molar-refractivity contribution in [3.05, 3.63) is 59.2 Å². The number of para-hydroxylation sites is 1. The standard InChI is InChI=1S/C22H24N2O4/c1-3-14-7-5-8-15(4-2)20(14)23-21(26)16-9-6-10-18(11-16)24-13-17(22(27)28)12-19(24)25/h5-11,17H,3-4,12-13H2,1-2H3,(H,23,26)(H,27,28). The van der Waals surface area contributed by atoms with E-state index in [1.54, 1.807) is 24.3 Å². The maximum atomic E-state index is 12.9. The summed E-state index contributed by atoms with van der Waals surface area (Å²) in [6, 6.07) is 12.7. The highest BCUT2D eigenvalue weighted by atomic mass is 16.4. The number of nitrogens with one attached hydrogen (secondary N) is 1. The van der Waals surface area contributed by atoms with Gasteiger partial charge in [0.05, 0.1) is 5.92 Å². The van der Waals surface area contributed by atoms with Crippen molar-refractivity contribution in [2.24, 2.45) is 5.92 Å². The lowest BCUT2D eigenvalue weighted by atomic mass is 10.0. The number of carbonyl (C=O) groups is 3. The number of hydrogen-bond donors (Lipinski definition) is 2. The molecular weight excluding hydrogens is 356 g/mol. The average Bonchev–Trinajstić information content (AvgIpc) is 3.10. The molecule has 146 valence electrons. The molecule has 1 saturated heterocycles. The van der Waals surface area contributed by atoms with Crippen molar-refractivity contribution in [3.63, 3.8) is 0 Å². The highest BCUT2D eigenvalue weighted by molar-refractivity contribution is 6.06. The Hall–Kier alpha value is -3.15. The van der Waals surface area contributed by atoms with E-state index in [0.29, 0.717) is 11.3 Å². The number of amides is 2. The lowest BCUT2D eigenvalue weighted by molar-refractivity contribution is -0.141. The first-order valence-electron chi connectivity index (χ1n) is 9.49. The molecule has 6 nitrogen and oxygen atoms in total. The first-order valence-corrected chi connectivity index (χ1v) is 9.49. The normalized spacial score (nSPS) is 16.3. The molecule has 0 spiro atoms. The van der Waals surface area contributed by atoms with Crippen LogP contribution >= 0.6 is 0 Å². The zero-order chi connectivity index (χ0) is 20.3. The van der Waals surface area contributed by atoms with Crippen molar-refractivity contribution in [1.82, 2.24) is 0 Å². The monoisotopic (exact) mass is 380 g/mol. The van der Waals surface area contributed by atoms with Crippen LogP contribution in [0.1, 0.15) is 41.8 Å². The average molecular weight is 380 g/mol. The topological polar surface area (TPSA) is 86.7 Å². The lowest BCUT2D eigenvalue weighted by Crippen LogP contribution is -2.26. The van der Waals surface area contributed by atoms with E-state index in [1.807, 2.05) is 32.0 Å². The summed E-state index contributed by atoms with van der Waals surface area (Å²) in [4.78, 5) is 37.7. The zero-order valence-electron chi connectivity index (χ0n) is 16.1. The van der Waals surface area contributed by atoms with Gasteiger partial charge < -0.3 is 15.3 Å². The number of aryl methyl sites for hydroxylation is 2. The fourth-order valence-corrected chi connectivity index (χ4v) is 3.53. The van der Waals surface area contributed by atoms with E-state index in [0.717, 1.165) is 29.7 Å². The number of carboxylic acids is 1. The van der Waals surface area contributed by atoms with Crippen molar-refractivity contribution in [2.75, 3.05) is 16.8 Å². The van der Waals surface area contributed by atoms with Gasteiger partial charge in [0.25, 0.3) is 5.91 Å². The van der Waals surface area contributed by atoms with Crippen LogP contribution in [0.2, 0.25) is 0 Å². The van der Waals surface area contributed by atoms with Gasteiger partial charge in [-0.05, 0) is 42.2 Å². The summed E-state index contributed by atoms with van der Waals surface area (Å²) in [6.45, 7) is 4.21. The fraction of sp³-hybridized carbons (Fsp3) is 0.318. The van der Waals surface area contributed by atoms with E-state index in [4.69, 9.17) is 5.11 Å². The second-order valence-electron chi connectivity index (χ2n) is 6.91. The van der Waals surface area contributed by atoms with Gasteiger partial charge in [-0.25, -0.2) is 0 Å². The third-order valence-corrected chi connectivity index (χ3v) is 5.13. The minimum absolute atomic E-state index is 0.0184. The van der Waals surface area contributed by atoms with Crippen LogP contribution in [0.5, 0.6) is 0 Å². The van der Waals surface area contributed by atoms with Crippen LogP contribution < -0.4 is 10.2 Å². The predicted octanol–water partition coefficient (Wildman–Crippen LogP) is 3.50. The number of hydrogen-bond acceptors (Lipinski definition) is 3. The Balaban J connectivity index is 1.84. The number of carbonyl (C=O) groups excluding carboxylic acids is 2. The van der Waals surface area contributed by atoms with E-state index in [2.05, 4.69) is 5.32 Å². The molecule has 1 fully saturated rings. The molecule has 1 unspecified atom stereocenters. The summed E-state index contributed by atoms with van der Waals surface area (Å²) in [5.74, 6) is -2.19. The van der Waals surface area contributed by atoms with Gasteiger partial charge in [-0.2, -0.15) is 0 Å². The Morgan fingerprint density at radius 2 is 1.75 bits per heavy atom. The molecule has 28 heavy (non-hydrogen) atoms. The summed E-state index contributed by atoms with van der Waals surface area (Å²) in [5, 5.41) is 12.2. The Morgan fingerprint density at radius 1 is 1.11 bits per heavy atom. The molecule has 2 aromatic rings. The van der Waals surface area contributed by atoms with E-state index in [1.165, 1.54) is 4.90 Å². The van der Waals surface area contributed by atoms with Gasteiger partial charge in [-0.15, -0.1) is 0 Å². The molecular formula is C22H24N2O4. The highest BCUT2D eigenvalue weighted by Crippen LogP contribution is 2.27. The van der Waals surface area contributed by atoms with E-state index in [9.17, 15) is 14.4 Å². The van der Waals surface area contributed by atoms with Gasteiger partial charge >= 0.3 is 5.97 Å². The molecule has 6 heteroatoms. The van der Waals surface area contributed by atoms with Crippen LogP contribution in [0.3, 0.4) is 0 Å². The largest absolute Gasteiger partial charge is 0.481 e. The summed E-state index contributed by atoms with van der Waals surface area (Å²) >= 11 is 0.